The molecule has 3 N–H and O–H groups in total. The van der Waals surface area contributed by atoms with Crippen molar-refractivity contribution in [3.8, 4) is 0 Å². The molecule has 2 rings (SSSR count). The summed E-state index contributed by atoms with van der Waals surface area (Å²) >= 11 is 0. The fourth-order valence-corrected chi connectivity index (χ4v) is 3.42. The molecule has 4 heteroatoms. The first-order valence-corrected chi connectivity index (χ1v) is 6.53. The molecule has 1 aliphatic heterocycles. The van der Waals surface area contributed by atoms with E-state index in [0.717, 1.165) is 19.4 Å². The number of ether oxygens (including phenoxy) is 1. The van der Waals surface area contributed by atoms with Gasteiger partial charge in [-0.1, -0.05) is 13.8 Å². The highest BCUT2D eigenvalue weighted by Crippen LogP contribution is 2.57. The molecule has 17 heavy (non-hydrogen) atoms. The minimum Gasteiger partial charge on any atom is -0.377 e. The van der Waals surface area contributed by atoms with Crippen LogP contribution in [0, 0.1) is 11.3 Å². The van der Waals surface area contributed by atoms with E-state index >= 15 is 0 Å². The Morgan fingerprint density at radius 1 is 1.47 bits per heavy atom. The summed E-state index contributed by atoms with van der Waals surface area (Å²) in [6.45, 7) is 8.80. The summed E-state index contributed by atoms with van der Waals surface area (Å²) < 4.78 is 5.78. The first-order chi connectivity index (χ1) is 7.81. The van der Waals surface area contributed by atoms with E-state index in [-0.39, 0.29) is 29.4 Å². The van der Waals surface area contributed by atoms with Crippen LogP contribution in [0.25, 0.3) is 0 Å². The van der Waals surface area contributed by atoms with Gasteiger partial charge in [0.25, 0.3) is 0 Å². The number of nitrogens with two attached hydrogens (primary N) is 1. The van der Waals surface area contributed by atoms with E-state index in [2.05, 4.69) is 5.32 Å². The number of hydrogen-bond acceptors (Lipinski definition) is 3. The molecular weight excluding hydrogens is 216 g/mol. The molecule has 0 radical (unpaired) electrons. The Labute approximate surface area is 103 Å². The molecule has 4 nitrogen and oxygen atoms in total. The van der Waals surface area contributed by atoms with Crippen LogP contribution in [-0.2, 0) is 9.53 Å². The smallest absolute Gasteiger partial charge is 0.241 e. The topological polar surface area (TPSA) is 64.4 Å². The van der Waals surface area contributed by atoms with Gasteiger partial charge in [-0.05, 0) is 26.7 Å². The maximum absolute atomic E-state index is 12.3. The summed E-state index contributed by atoms with van der Waals surface area (Å²) in [5.74, 6) is 0.147. The number of carbonyl (C=O) groups is 1. The number of hydrogen-bond donors (Lipinski definition) is 2. The monoisotopic (exact) mass is 240 g/mol. The minimum absolute atomic E-state index is 0.0238. The second-order valence-electron chi connectivity index (χ2n) is 6.26. The van der Waals surface area contributed by atoms with Crippen LogP contribution in [0.4, 0.5) is 0 Å². The average molecular weight is 240 g/mol. The quantitative estimate of drug-likeness (QED) is 0.758. The van der Waals surface area contributed by atoms with Crippen LogP contribution in [0.3, 0.4) is 0 Å². The summed E-state index contributed by atoms with van der Waals surface area (Å²) in [6.07, 6.45) is 2.14. The number of amides is 1. The van der Waals surface area contributed by atoms with Crippen molar-refractivity contribution in [2.75, 3.05) is 6.61 Å². The highest BCUT2D eigenvalue weighted by molar-refractivity contribution is 5.89. The van der Waals surface area contributed by atoms with Gasteiger partial charge in [-0.25, -0.2) is 0 Å². The molecular formula is C13H24N2O2. The van der Waals surface area contributed by atoms with Crippen molar-refractivity contribution in [2.45, 2.75) is 58.2 Å². The van der Waals surface area contributed by atoms with E-state index < -0.39 is 5.54 Å². The fraction of sp³-hybridized carbons (Fsp3) is 0.923. The molecule has 2 aliphatic rings. The van der Waals surface area contributed by atoms with Gasteiger partial charge in [-0.2, -0.15) is 0 Å². The highest BCUT2D eigenvalue weighted by Gasteiger charge is 2.70. The van der Waals surface area contributed by atoms with E-state index in [1.165, 1.54) is 0 Å². The molecule has 1 amide bonds. The number of nitrogens with one attached hydrogen (secondary N) is 1. The molecule has 1 saturated carbocycles. The Morgan fingerprint density at radius 2 is 2.12 bits per heavy atom. The van der Waals surface area contributed by atoms with Crippen molar-refractivity contribution in [3.63, 3.8) is 0 Å². The van der Waals surface area contributed by atoms with Crippen LogP contribution >= 0.6 is 0 Å². The zero-order chi connectivity index (χ0) is 12.8. The van der Waals surface area contributed by atoms with E-state index in [1.807, 2.05) is 27.7 Å². The Balaban J connectivity index is 2.20. The lowest BCUT2D eigenvalue weighted by Crippen LogP contribution is -2.82. The predicted molar refractivity (Wildman–Crippen MR) is 66.4 cm³/mol. The molecule has 0 spiro atoms. The number of carbonyl (C=O) groups excluding carboxylic acids is 1. The second kappa shape index (κ2) is 3.95. The third-order valence-corrected chi connectivity index (χ3v) is 4.48. The van der Waals surface area contributed by atoms with Crippen LogP contribution in [0.1, 0.15) is 40.5 Å². The fourth-order valence-electron chi connectivity index (χ4n) is 3.42. The predicted octanol–water partition coefficient (Wildman–Crippen LogP) is 1.04. The van der Waals surface area contributed by atoms with E-state index in [4.69, 9.17) is 10.5 Å². The highest BCUT2D eigenvalue weighted by atomic mass is 16.5. The Hall–Kier alpha value is -0.610. The molecule has 1 heterocycles. The van der Waals surface area contributed by atoms with Crippen molar-refractivity contribution < 1.29 is 9.53 Å². The largest absolute Gasteiger partial charge is 0.377 e. The number of rotatable bonds is 2. The summed E-state index contributed by atoms with van der Waals surface area (Å²) in [7, 11) is 0. The normalized spacial score (nSPS) is 39.4. The standard InChI is InChI=1S/C13H24N2O2/c1-8(2)15-11(16)13(14)9-6-5-7-17-10(9)12(13,3)4/h8-10H,5-7,14H2,1-4H3,(H,15,16). The van der Waals surface area contributed by atoms with Crippen LogP contribution < -0.4 is 11.1 Å². The van der Waals surface area contributed by atoms with E-state index in [1.54, 1.807) is 0 Å². The van der Waals surface area contributed by atoms with Crippen molar-refractivity contribution >= 4 is 5.91 Å². The summed E-state index contributed by atoms with van der Waals surface area (Å²) in [5.41, 5.74) is 5.38. The maximum atomic E-state index is 12.3. The molecule has 0 aromatic carbocycles. The van der Waals surface area contributed by atoms with Crippen LogP contribution in [-0.4, -0.2) is 30.2 Å². The summed E-state index contributed by atoms with van der Waals surface area (Å²) in [4.78, 5) is 12.3. The Morgan fingerprint density at radius 3 is 2.71 bits per heavy atom. The lowest BCUT2D eigenvalue weighted by atomic mass is 9.46. The molecule has 0 aromatic rings. The van der Waals surface area contributed by atoms with Crippen LogP contribution in [0.2, 0.25) is 0 Å². The van der Waals surface area contributed by atoms with Gasteiger partial charge in [-0.15, -0.1) is 0 Å². The summed E-state index contributed by atoms with van der Waals surface area (Å²) in [5, 5.41) is 2.95. The SMILES string of the molecule is CC(C)NC(=O)C1(N)C2CCCOC2C1(C)C. The lowest BCUT2D eigenvalue weighted by Gasteiger charge is -2.65. The van der Waals surface area contributed by atoms with Gasteiger partial charge in [0, 0.05) is 24.0 Å². The van der Waals surface area contributed by atoms with Gasteiger partial charge in [0.15, 0.2) is 0 Å². The zero-order valence-corrected chi connectivity index (χ0v) is 11.2. The average Bonchev–Trinajstić information content (AvgIpc) is 2.27. The van der Waals surface area contributed by atoms with Gasteiger partial charge >= 0.3 is 0 Å². The molecule has 0 aromatic heterocycles. The Kier molecular flexibility index (Phi) is 2.99. The molecule has 2 fully saturated rings. The third kappa shape index (κ3) is 1.61. The molecule has 98 valence electrons. The van der Waals surface area contributed by atoms with Gasteiger partial charge < -0.3 is 15.8 Å². The number of fused-ring (bicyclic) bond motifs is 1. The zero-order valence-electron chi connectivity index (χ0n) is 11.2. The minimum atomic E-state index is -0.775. The van der Waals surface area contributed by atoms with Crippen molar-refractivity contribution in [3.05, 3.63) is 0 Å². The third-order valence-electron chi connectivity index (χ3n) is 4.48. The van der Waals surface area contributed by atoms with Crippen molar-refractivity contribution in [1.29, 1.82) is 0 Å². The van der Waals surface area contributed by atoms with E-state index in [9.17, 15) is 4.79 Å². The van der Waals surface area contributed by atoms with Crippen molar-refractivity contribution in [1.82, 2.24) is 5.32 Å². The molecule has 0 bridgehead atoms. The van der Waals surface area contributed by atoms with Gasteiger partial charge in [0.1, 0.15) is 5.54 Å². The van der Waals surface area contributed by atoms with Crippen molar-refractivity contribution in [2.24, 2.45) is 17.1 Å². The van der Waals surface area contributed by atoms with Crippen LogP contribution in [0.5, 0.6) is 0 Å². The molecule has 3 atom stereocenters. The van der Waals surface area contributed by atoms with Gasteiger partial charge in [0.05, 0.1) is 6.10 Å². The maximum Gasteiger partial charge on any atom is 0.241 e. The van der Waals surface area contributed by atoms with Gasteiger partial charge in [0.2, 0.25) is 5.91 Å². The van der Waals surface area contributed by atoms with E-state index in [0.29, 0.717) is 0 Å². The first kappa shape index (κ1) is 12.8. The molecule has 1 aliphatic carbocycles. The second-order valence-corrected chi connectivity index (χ2v) is 6.26. The first-order valence-electron chi connectivity index (χ1n) is 6.53. The molecule has 3 unspecified atom stereocenters. The van der Waals surface area contributed by atoms with Gasteiger partial charge in [-0.3, -0.25) is 4.79 Å². The summed E-state index contributed by atoms with van der Waals surface area (Å²) in [6, 6.07) is 0.127. The van der Waals surface area contributed by atoms with Crippen LogP contribution in [0.15, 0.2) is 0 Å². The Bertz CT molecular complexity index is 327. The molecule has 1 saturated heterocycles. The lowest BCUT2D eigenvalue weighted by molar-refractivity contribution is -0.225.